The Morgan fingerprint density at radius 3 is 2.83 bits per heavy atom. The highest BCUT2D eigenvalue weighted by atomic mass is 15.2. The second-order valence-electron chi connectivity index (χ2n) is 6.77. The molecule has 1 aliphatic rings. The lowest BCUT2D eigenvalue weighted by Gasteiger charge is -2.31. The number of aromatic nitrogens is 4. The molecule has 0 bridgehead atoms. The Bertz CT molecular complexity index is 762. The predicted molar refractivity (Wildman–Crippen MR) is 94.8 cm³/mol. The lowest BCUT2D eigenvalue weighted by Crippen LogP contribution is -2.34. The van der Waals surface area contributed by atoms with Crippen molar-refractivity contribution in [2.75, 3.05) is 13.1 Å². The van der Waals surface area contributed by atoms with E-state index in [-0.39, 0.29) is 0 Å². The van der Waals surface area contributed by atoms with E-state index < -0.39 is 0 Å². The van der Waals surface area contributed by atoms with Gasteiger partial charge in [-0.15, -0.1) is 0 Å². The molecule has 0 amide bonds. The first-order valence-corrected chi connectivity index (χ1v) is 8.97. The number of rotatable bonds is 5. The first-order valence-electron chi connectivity index (χ1n) is 8.97. The number of nitrogens with zero attached hydrogens (tertiary/aromatic N) is 5. The molecule has 0 N–H and O–H groups in total. The summed E-state index contributed by atoms with van der Waals surface area (Å²) in [6.45, 7) is 6.57. The molecule has 0 spiro atoms. The van der Waals surface area contributed by atoms with Gasteiger partial charge in [0.05, 0.1) is 5.69 Å². The first kappa shape index (κ1) is 15.4. The zero-order chi connectivity index (χ0) is 16.4. The number of piperidine rings is 1. The third-order valence-corrected chi connectivity index (χ3v) is 5.08. The van der Waals surface area contributed by atoms with Gasteiger partial charge in [0.15, 0.2) is 0 Å². The summed E-state index contributed by atoms with van der Waals surface area (Å²) in [6, 6.07) is 6.15. The van der Waals surface area contributed by atoms with Gasteiger partial charge in [-0.1, -0.05) is 13.0 Å². The van der Waals surface area contributed by atoms with E-state index in [9.17, 15) is 0 Å². The largest absolute Gasteiger partial charge is 0.335 e. The molecule has 24 heavy (non-hydrogen) atoms. The summed E-state index contributed by atoms with van der Waals surface area (Å²) in [7, 11) is 0. The average Bonchev–Trinajstić information content (AvgIpc) is 3.22. The van der Waals surface area contributed by atoms with Gasteiger partial charge in [0.1, 0.15) is 11.5 Å². The van der Waals surface area contributed by atoms with Crippen molar-refractivity contribution >= 4 is 5.65 Å². The molecule has 0 radical (unpaired) electrons. The van der Waals surface area contributed by atoms with Crippen LogP contribution in [0.15, 0.2) is 43.0 Å². The zero-order valence-corrected chi connectivity index (χ0v) is 14.3. The topological polar surface area (TPSA) is 38.4 Å². The van der Waals surface area contributed by atoms with Crippen LogP contribution in [0.2, 0.25) is 0 Å². The third kappa shape index (κ3) is 3.22. The van der Waals surface area contributed by atoms with E-state index in [0.717, 1.165) is 44.2 Å². The highest BCUT2D eigenvalue weighted by Crippen LogP contribution is 2.21. The molecule has 1 saturated heterocycles. The van der Waals surface area contributed by atoms with Gasteiger partial charge in [0, 0.05) is 44.3 Å². The quantitative estimate of drug-likeness (QED) is 0.724. The molecule has 0 atom stereocenters. The van der Waals surface area contributed by atoms with Crippen molar-refractivity contribution in [3.05, 3.63) is 54.5 Å². The maximum atomic E-state index is 4.72. The van der Waals surface area contributed by atoms with Crippen LogP contribution in [0.4, 0.5) is 0 Å². The highest BCUT2D eigenvalue weighted by Gasteiger charge is 2.20. The highest BCUT2D eigenvalue weighted by molar-refractivity contribution is 5.39. The maximum Gasteiger partial charge on any atom is 0.137 e. The second kappa shape index (κ2) is 6.77. The monoisotopic (exact) mass is 323 g/mol. The van der Waals surface area contributed by atoms with E-state index in [1.807, 2.05) is 18.3 Å². The van der Waals surface area contributed by atoms with Crippen LogP contribution in [0.25, 0.3) is 5.65 Å². The van der Waals surface area contributed by atoms with Gasteiger partial charge in [-0.2, -0.15) is 0 Å². The smallest absolute Gasteiger partial charge is 0.137 e. The Morgan fingerprint density at radius 2 is 2.04 bits per heavy atom. The number of imidazole rings is 2. The molecule has 3 aromatic heterocycles. The predicted octanol–water partition coefficient (Wildman–Crippen LogP) is 3.01. The fraction of sp³-hybridized carbons (Fsp3) is 0.474. The Kier molecular flexibility index (Phi) is 4.34. The lowest BCUT2D eigenvalue weighted by molar-refractivity contribution is 0.165. The maximum absolute atomic E-state index is 4.72. The number of hydrogen-bond donors (Lipinski definition) is 0. The summed E-state index contributed by atoms with van der Waals surface area (Å²) >= 11 is 0. The molecule has 3 aromatic rings. The molecule has 4 heterocycles. The number of aryl methyl sites for hydroxylation is 1. The minimum Gasteiger partial charge on any atom is -0.335 e. The zero-order valence-electron chi connectivity index (χ0n) is 14.3. The average molecular weight is 323 g/mol. The van der Waals surface area contributed by atoms with Crippen LogP contribution in [0.5, 0.6) is 0 Å². The van der Waals surface area contributed by atoms with Crippen LogP contribution in [0.3, 0.4) is 0 Å². The van der Waals surface area contributed by atoms with Crippen LogP contribution in [0, 0.1) is 5.92 Å². The number of fused-ring (bicyclic) bond motifs is 1. The SMILES string of the molecule is CCc1nccn1CC1CCN(Cc2cn3ccccc3n2)CC1. The van der Waals surface area contributed by atoms with E-state index in [1.165, 1.54) is 24.4 Å². The normalized spacial score (nSPS) is 16.9. The second-order valence-corrected chi connectivity index (χ2v) is 6.77. The van der Waals surface area contributed by atoms with Gasteiger partial charge in [0.2, 0.25) is 0 Å². The van der Waals surface area contributed by atoms with Crippen molar-refractivity contribution < 1.29 is 0 Å². The fourth-order valence-electron chi connectivity index (χ4n) is 3.72. The van der Waals surface area contributed by atoms with E-state index >= 15 is 0 Å². The van der Waals surface area contributed by atoms with Crippen LogP contribution in [0.1, 0.15) is 31.3 Å². The van der Waals surface area contributed by atoms with Crippen molar-refractivity contribution in [3.63, 3.8) is 0 Å². The summed E-state index contributed by atoms with van der Waals surface area (Å²) in [6.07, 6.45) is 11.8. The molecule has 0 aromatic carbocycles. The van der Waals surface area contributed by atoms with Crippen LogP contribution >= 0.6 is 0 Å². The summed E-state index contributed by atoms with van der Waals surface area (Å²) in [5, 5.41) is 0. The molecule has 5 heteroatoms. The van der Waals surface area contributed by atoms with Crippen molar-refractivity contribution in [1.29, 1.82) is 0 Å². The fourth-order valence-corrected chi connectivity index (χ4v) is 3.72. The van der Waals surface area contributed by atoms with E-state index in [2.05, 4.69) is 50.4 Å². The molecule has 1 fully saturated rings. The Morgan fingerprint density at radius 1 is 1.17 bits per heavy atom. The van der Waals surface area contributed by atoms with Gasteiger partial charge in [-0.25, -0.2) is 9.97 Å². The van der Waals surface area contributed by atoms with Gasteiger partial charge < -0.3 is 8.97 Å². The number of likely N-dealkylation sites (tertiary alicyclic amines) is 1. The molecule has 4 rings (SSSR count). The molecular formula is C19H25N5. The van der Waals surface area contributed by atoms with Crippen molar-refractivity contribution in [1.82, 2.24) is 23.8 Å². The molecule has 5 nitrogen and oxygen atoms in total. The first-order chi connectivity index (χ1) is 11.8. The van der Waals surface area contributed by atoms with E-state index in [0.29, 0.717) is 0 Å². The van der Waals surface area contributed by atoms with Crippen molar-refractivity contribution in [2.24, 2.45) is 5.92 Å². The molecule has 0 unspecified atom stereocenters. The van der Waals surface area contributed by atoms with E-state index in [1.54, 1.807) is 0 Å². The van der Waals surface area contributed by atoms with Crippen LogP contribution < -0.4 is 0 Å². The molecule has 0 saturated carbocycles. The molecule has 126 valence electrons. The number of pyridine rings is 1. The summed E-state index contributed by atoms with van der Waals surface area (Å²) in [5.41, 5.74) is 2.21. The Balaban J connectivity index is 1.32. The third-order valence-electron chi connectivity index (χ3n) is 5.08. The van der Waals surface area contributed by atoms with Gasteiger partial charge in [0.25, 0.3) is 0 Å². The lowest BCUT2D eigenvalue weighted by atomic mass is 9.96. The Hall–Kier alpha value is -2.14. The van der Waals surface area contributed by atoms with Gasteiger partial charge in [-0.05, 0) is 44.0 Å². The van der Waals surface area contributed by atoms with Crippen molar-refractivity contribution in [3.8, 4) is 0 Å². The summed E-state index contributed by atoms with van der Waals surface area (Å²) in [4.78, 5) is 11.7. The molecule has 0 aliphatic carbocycles. The van der Waals surface area contributed by atoms with Gasteiger partial charge >= 0.3 is 0 Å². The standard InChI is InChI=1S/C19H25N5/c1-2-18-20-8-12-24(18)13-16-6-10-22(11-7-16)14-17-15-23-9-4-3-5-19(23)21-17/h3-5,8-9,12,15-16H,2,6-7,10-11,13-14H2,1H3. The van der Waals surface area contributed by atoms with E-state index in [4.69, 9.17) is 4.98 Å². The van der Waals surface area contributed by atoms with Crippen molar-refractivity contribution in [2.45, 2.75) is 39.3 Å². The van der Waals surface area contributed by atoms with Crippen LogP contribution in [-0.2, 0) is 19.5 Å². The molecule has 1 aliphatic heterocycles. The minimum absolute atomic E-state index is 0.766. The molecular weight excluding hydrogens is 298 g/mol. The number of hydrogen-bond acceptors (Lipinski definition) is 3. The van der Waals surface area contributed by atoms with Crippen LogP contribution in [-0.4, -0.2) is 36.9 Å². The summed E-state index contributed by atoms with van der Waals surface area (Å²) in [5.74, 6) is 1.98. The summed E-state index contributed by atoms with van der Waals surface area (Å²) < 4.78 is 4.44. The minimum atomic E-state index is 0.766. The van der Waals surface area contributed by atoms with Gasteiger partial charge in [-0.3, -0.25) is 4.90 Å². The Labute approximate surface area is 143 Å².